The minimum absolute atomic E-state index is 0.407. The Hall–Kier alpha value is -0.900. The molecule has 1 aliphatic carbocycles. The predicted molar refractivity (Wildman–Crippen MR) is 54.9 cm³/mol. The van der Waals surface area contributed by atoms with E-state index in [1.54, 1.807) is 6.33 Å². The monoisotopic (exact) mass is 194 g/mol. The van der Waals surface area contributed by atoms with Gasteiger partial charge in [0.2, 0.25) is 0 Å². The molecule has 4 nitrogen and oxygen atoms in total. The molecule has 1 fully saturated rings. The molecule has 1 aromatic rings. The summed E-state index contributed by atoms with van der Waals surface area (Å²) in [5.74, 6) is 1.73. The Kier molecular flexibility index (Phi) is 2.82. The first-order valence-electron chi connectivity index (χ1n) is 5.44. The second-order valence-corrected chi connectivity index (χ2v) is 4.05. The molecule has 0 spiro atoms. The molecule has 14 heavy (non-hydrogen) atoms. The average Bonchev–Trinajstić information content (AvgIpc) is 2.67. The normalized spacial score (nSPS) is 27.9. The maximum absolute atomic E-state index is 5.88. The Morgan fingerprint density at radius 2 is 2.14 bits per heavy atom. The zero-order valence-corrected chi connectivity index (χ0v) is 8.69. The first kappa shape index (κ1) is 9.65. The van der Waals surface area contributed by atoms with Gasteiger partial charge in [0.05, 0.1) is 0 Å². The van der Waals surface area contributed by atoms with E-state index in [-0.39, 0.29) is 0 Å². The Labute approximate surface area is 84.5 Å². The Morgan fingerprint density at radius 1 is 1.43 bits per heavy atom. The van der Waals surface area contributed by atoms with Gasteiger partial charge in [-0.05, 0) is 32.6 Å². The lowest BCUT2D eigenvalue weighted by Crippen LogP contribution is -2.26. The number of nitrogens with zero attached hydrogens (tertiary/aromatic N) is 3. The summed E-state index contributed by atoms with van der Waals surface area (Å²) >= 11 is 0. The average molecular weight is 194 g/mol. The van der Waals surface area contributed by atoms with Crippen LogP contribution in [0.4, 0.5) is 0 Å². The van der Waals surface area contributed by atoms with Crippen molar-refractivity contribution in [1.29, 1.82) is 0 Å². The van der Waals surface area contributed by atoms with Crippen LogP contribution in [0.15, 0.2) is 6.33 Å². The topological polar surface area (TPSA) is 56.7 Å². The summed E-state index contributed by atoms with van der Waals surface area (Å²) in [6.07, 6.45) is 6.25. The Bertz CT molecular complexity index is 286. The van der Waals surface area contributed by atoms with E-state index >= 15 is 0 Å². The third-order valence-electron chi connectivity index (χ3n) is 3.08. The number of aryl methyl sites for hydroxylation is 1. The molecule has 0 amide bonds. The van der Waals surface area contributed by atoms with Crippen molar-refractivity contribution < 1.29 is 0 Å². The Morgan fingerprint density at radius 3 is 2.79 bits per heavy atom. The summed E-state index contributed by atoms with van der Waals surface area (Å²) in [7, 11) is 0. The van der Waals surface area contributed by atoms with E-state index < -0.39 is 0 Å². The molecule has 0 saturated heterocycles. The first-order chi connectivity index (χ1) is 6.81. The lowest BCUT2D eigenvalue weighted by Gasteiger charge is -2.25. The van der Waals surface area contributed by atoms with Gasteiger partial charge in [0.25, 0.3) is 0 Å². The van der Waals surface area contributed by atoms with E-state index in [9.17, 15) is 0 Å². The van der Waals surface area contributed by atoms with Gasteiger partial charge >= 0.3 is 0 Å². The van der Waals surface area contributed by atoms with E-state index in [1.165, 1.54) is 12.8 Å². The molecule has 0 aromatic carbocycles. The van der Waals surface area contributed by atoms with E-state index in [0.717, 1.165) is 25.2 Å². The molecule has 1 heterocycles. The van der Waals surface area contributed by atoms with Gasteiger partial charge in [-0.3, -0.25) is 4.68 Å². The van der Waals surface area contributed by atoms with Crippen molar-refractivity contribution in [2.75, 3.05) is 0 Å². The quantitative estimate of drug-likeness (QED) is 0.771. The van der Waals surface area contributed by atoms with Crippen LogP contribution in [0.25, 0.3) is 0 Å². The zero-order valence-electron chi connectivity index (χ0n) is 8.69. The third kappa shape index (κ3) is 1.80. The smallest absolute Gasteiger partial charge is 0.138 e. The van der Waals surface area contributed by atoms with Gasteiger partial charge in [0.1, 0.15) is 12.2 Å². The van der Waals surface area contributed by atoms with Gasteiger partial charge in [0.15, 0.2) is 0 Å². The molecule has 0 radical (unpaired) electrons. The highest BCUT2D eigenvalue weighted by Gasteiger charge is 2.23. The fourth-order valence-corrected chi connectivity index (χ4v) is 2.21. The van der Waals surface area contributed by atoms with Crippen LogP contribution in [-0.2, 0) is 6.54 Å². The van der Waals surface area contributed by atoms with Crippen molar-refractivity contribution in [2.24, 2.45) is 5.73 Å². The number of hydrogen-bond donors (Lipinski definition) is 1. The van der Waals surface area contributed by atoms with Crippen molar-refractivity contribution in [1.82, 2.24) is 14.8 Å². The number of hydrogen-bond acceptors (Lipinski definition) is 3. The van der Waals surface area contributed by atoms with Gasteiger partial charge in [0, 0.05) is 18.5 Å². The lowest BCUT2D eigenvalue weighted by molar-refractivity contribution is 0.373. The highest BCUT2D eigenvalue weighted by atomic mass is 15.3. The minimum atomic E-state index is 0.407. The summed E-state index contributed by atoms with van der Waals surface area (Å²) in [6.45, 7) is 3.02. The van der Waals surface area contributed by atoms with E-state index in [1.807, 2.05) is 4.68 Å². The SMILES string of the molecule is CCn1ncnc1C1CCC(N)CC1. The van der Waals surface area contributed by atoms with Gasteiger partial charge in [-0.2, -0.15) is 5.10 Å². The van der Waals surface area contributed by atoms with Crippen LogP contribution < -0.4 is 5.73 Å². The van der Waals surface area contributed by atoms with Crippen LogP contribution in [0, 0.1) is 0 Å². The van der Waals surface area contributed by atoms with Crippen LogP contribution in [0.5, 0.6) is 0 Å². The van der Waals surface area contributed by atoms with E-state index in [0.29, 0.717) is 12.0 Å². The maximum Gasteiger partial charge on any atom is 0.138 e. The van der Waals surface area contributed by atoms with E-state index in [4.69, 9.17) is 5.73 Å². The molecule has 4 heteroatoms. The van der Waals surface area contributed by atoms with Crippen molar-refractivity contribution in [3.05, 3.63) is 12.2 Å². The fourth-order valence-electron chi connectivity index (χ4n) is 2.21. The largest absolute Gasteiger partial charge is 0.328 e. The second kappa shape index (κ2) is 4.09. The molecule has 0 bridgehead atoms. The van der Waals surface area contributed by atoms with Crippen molar-refractivity contribution in [3.63, 3.8) is 0 Å². The number of nitrogens with two attached hydrogens (primary N) is 1. The molecule has 78 valence electrons. The van der Waals surface area contributed by atoms with Crippen molar-refractivity contribution in [3.8, 4) is 0 Å². The van der Waals surface area contributed by atoms with Gasteiger partial charge in [-0.15, -0.1) is 0 Å². The molecule has 2 rings (SSSR count). The molecule has 1 aromatic heterocycles. The first-order valence-corrected chi connectivity index (χ1v) is 5.44. The van der Waals surface area contributed by atoms with Gasteiger partial charge < -0.3 is 5.73 Å². The molecule has 0 unspecified atom stereocenters. The van der Waals surface area contributed by atoms with Crippen LogP contribution >= 0.6 is 0 Å². The molecule has 0 aliphatic heterocycles. The second-order valence-electron chi connectivity index (χ2n) is 4.05. The molecule has 1 aliphatic rings. The van der Waals surface area contributed by atoms with E-state index in [2.05, 4.69) is 17.0 Å². The fraction of sp³-hybridized carbons (Fsp3) is 0.800. The molecular formula is C10H18N4. The standard InChI is InChI=1S/C10H18N4/c1-2-14-10(12-7-13-14)8-3-5-9(11)6-4-8/h7-9H,2-6,11H2,1H3. The van der Waals surface area contributed by atoms with Crippen LogP contribution in [0.2, 0.25) is 0 Å². The minimum Gasteiger partial charge on any atom is -0.328 e. The molecule has 2 N–H and O–H groups in total. The lowest BCUT2D eigenvalue weighted by atomic mass is 9.86. The van der Waals surface area contributed by atoms with Crippen LogP contribution in [0.1, 0.15) is 44.3 Å². The van der Waals surface area contributed by atoms with Crippen molar-refractivity contribution in [2.45, 2.75) is 51.1 Å². The van der Waals surface area contributed by atoms with Gasteiger partial charge in [-0.1, -0.05) is 0 Å². The molecule has 1 saturated carbocycles. The zero-order chi connectivity index (χ0) is 9.97. The number of aromatic nitrogens is 3. The predicted octanol–water partition coefficient (Wildman–Crippen LogP) is 1.28. The summed E-state index contributed by atoms with van der Waals surface area (Å²) in [6, 6.07) is 0.407. The summed E-state index contributed by atoms with van der Waals surface area (Å²) in [4.78, 5) is 4.35. The summed E-state index contributed by atoms with van der Waals surface area (Å²) in [5, 5.41) is 4.20. The third-order valence-corrected chi connectivity index (χ3v) is 3.08. The van der Waals surface area contributed by atoms with Crippen LogP contribution in [-0.4, -0.2) is 20.8 Å². The summed E-state index contributed by atoms with van der Waals surface area (Å²) < 4.78 is 2.00. The summed E-state index contributed by atoms with van der Waals surface area (Å²) in [5.41, 5.74) is 5.88. The maximum atomic E-state index is 5.88. The Balaban J connectivity index is 2.08. The molecule has 0 atom stereocenters. The van der Waals surface area contributed by atoms with Crippen molar-refractivity contribution >= 4 is 0 Å². The number of rotatable bonds is 2. The molecular weight excluding hydrogens is 176 g/mol. The van der Waals surface area contributed by atoms with Gasteiger partial charge in [-0.25, -0.2) is 4.98 Å². The highest BCUT2D eigenvalue weighted by Crippen LogP contribution is 2.30. The highest BCUT2D eigenvalue weighted by molar-refractivity contribution is 4.98. The van der Waals surface area contributed by atoms with Crippen LogP contribution in [0.3, 0.4) is 0 Å².